The zero-order valence-electron chi connectivity index (χ0n) is 37.6. The Bertz CT molecular complexity index is 2940. The van der Waals surface area contributed by atoms with Gasteiger partial charge in [-0.15, -0.1) is 23.8 Å². The van der Waals surface area contributed by atoms with E-state index in [4.69, 9.17) is 9.97 Å². The summed E-state index contributed by atoms with van der Waals surface area (Å²) in [5, 5.41) is 12.3. The minimum atomic E-state index is -0.307. The fourth-order valence-electron chi connectivity index (χ4n) is 8.12. The summed E-state index contributed by atoms with van der Waals surface area (Å²) in [6.45, 7) is 26.2. The zero-order chi connectivity index (χ0) is 43.4. The molecular formula is C57H56N3OPt-. The summed E-state index contributed by atoms with van der Waals surface area (Å²) < 4.78 is 2.19. The monoisotopic (exact) mass is 993 g/mol. The van der Waals surface area contributed by atoms with Gasteiger partial charge in [0.1, 0.15) is 11.6 Å². The molecule has 0 aliphatic heterocycles. The van der Waals surface area contributed by atoms with Crippen LogP contribution in [0.4, 0.5) is 0 Å². The number of allylic oxidation sites excluding steroid dienone is 1. The van der Waals surface area contributed by atoms with E-state index in [0.717, 1.165) is 83.6 Å². The predicted octanol–water partition coefficient (Wildman–Crippen LogP) is 15.2. The minimum absolute atomic E-state index is 0. The number of rotatable bonds is 7. The van der Waals surface area contributed by atoms with Crippen molar-refractivity contribution in [2.75, 3.05) is 0 Å². The predicted molar refractivity (Wildman–Crippen MR) is 257 cm³/mol. The molecule has 0 unspecified atom stereocenters. The van der Waals surface area contributed by atoms with E-state index in [0.29, 0.717) is 11.4 Å². The first kappa shape index (κ1) is 44.2. The van der Waals surface area contributed by atoms with Gasteiger partial charge >= 0.3 is 0 Å². The topological polar surface area (TPSA) is 50.9 Å². The second kappa shape index (κ2) is 16.8. The number of hydrogen-bond donors (Lipinski definition) is 1. The van der Waals surface area contributed by atoms with Gasteiger partial charge < -0.3 is 5.11 Å². The third kappa shape index (κ3) is 8.63. The standard InChI is InChI=1S/C57H56N3O.Pt/c1-36(2)38-27-28-58-50(32-38)41-30-39(29-40(31-41)47-33-42(55(3,4)5)25-26-45(47)37-19-14-12-15-20-37)46-23-18-24-51-52(46)59-54(60(51)44-21-16-13-17-22-44)48-34-43(56(6,7)8)35-49(53(48)61)57(9,10)11;/h12-29,31-35,61H,1H2,2-11H3;/q-1;. The van der Waals surface area contributed by atoms with E-state index >= 15 is 0 Å². The minimum Gasteiger partial charge on any atom is -0.507 e. The van der Waals surface area contributed by atoms with Gasteiger partial charge in [0.2, 0.25) is 0 Å². The average molecular weight is 994 g/mol. The van der Waals surface area contributed by atoms with Crippen LogP contribution in [-0.2, 0) is 37.3 Å². The molecule has 0 bridgehead atoms. The molecule has 8 rings (SSSR count). The van der Waals surface area contributed by atoms with Crippen LogP contribution in [0.25, 0.3) is 78.3 Å². The van der Waals surface area contributed by atoms with Crippen LogP contribution in [0.5, 0.6) is 5.75 Å². The van der Waals surface area contributed by atoms with Crippen LogP contribution in [0.1, 0.15) is 91.5 Å². The molecule has 0 saturated heterocycles. The molecule has 0 radical (unpaired) electrons. The Balaban J connectivity index is 0.00000578. The van der Waals surface area contributed by atoms with Gasteiger partial charge in [0.25, 0.3) is 0 Å². The molecular weight excluding hydrogens is 938 g/mol. The van der Waals surface area contributed by atoms with E-state index in [1.54, 1.807) is 0 Å². The number of nitrogens with zero attached hydrogens (tertiary/aromatic N) is 3. The first-order valence-electron chi connectivity index (χ1n) is 21.2. The molecule has 0 aliphatic carbocycles. The van der Waals surface area contributed by atoms with Crippen molar-refractivity contribution < 1.29 is 26.2 Å². The summed E-state index contributed by atoms with van der Waals surface area (Å²) in [4.78, 5) is 10.5. The molecule has 6 aromatic carbocycles. The first-order chi connectivity index (χ1) is 28.9. The Kier molecular flexibility index (Phi) is 12.0. The van der Waals surface area contributed by atoms with Crippen molar-refractivity contribution in [3.05, 3.63) is 175 Å². The molecule has 5 heteroatoms. The number of pyridine rings is 1. The molecule has 316 valence electrons. The summed E-state index contributed by atoms with van der Waals surface area (Å²) in [6.07, 6.45) is 1.85. The number of fused-ring (bicyclic) bond motifs is 1. The maximum absolute atomic E-state index is 12.3. The van der Waals surface area contributed by atoms with Gasteiger partial charge in [0.05, 0.1) is 16.6 Å². The number of phenolic OH excluding ortho intramolecular Hbond substituents is 1. The van der Waals surface area contributed by atoms with Crippen molar-refractivity contribution in [1.29, 1.82) is 0 Å². The number of aromatic hydroxyl groups is 1. The summed E-state index contributed by atoms with van der Waals surface area (Å²) in [7, 11) is 0. The zero-order valence-corrected chi connectivity index (χ0v) is 39.9. The van der Waals surface area contributed by atoms with Gasteiger partial charge in [-0.05, 0) is 86.9 Å². The molecule has 4 nitrogen and oxygen atoms in total. The van der Waals surface area contributed by atoms with Crippen molar-refractivity contribution in [1.82, 2.24) is 14.5 Å². The summed E-state index contributed by atoms with van der Waals surface area (Å²) in [6, 6.07) is 50.9. The van der Waals surface area contributed by atoms with E-state index in [1.165, 1.54) is 5.56 Å². The largest absolute Gasteiger partial charge is 0.507 e. The number of hydrogen-bond acceptors (Lipinski definition) is 3. The molecule has 2 heterocycles. The third-order valence-corrected chi connectivity index (χ3v) is 11.7. The molecule has 2 aromatic heterocycles. The Morgan fingerprint density at radius 1 is 0.597 bits per heavy atom. The second-order valence-corrected chi connectivity index (χ2v) is 19.5. The fourth-order valence-corrected chi connectivity index (χ4v) is 8.12. The molecule has 0 saturated carbocycles. The van der Waals surface area contributed by atoms with Gasteiger partial charge in [-0.25, -0.2) is 4.98 Å². The van der Waals surface area contributed by atoms with Crippen LogP contribution < -0.4 is 0 Å². The Morgan fingerprint density at radius 3 is 1.89 bits per heavy atom. The van der Waals surface area contributed by atoms with E-state index in [9.17, 15) is 5.11 Å². The van der Waals surface area contributed by atoms with Crippen molar-refractivity contribution in [2.45, 2.75) is 85.5 Å². The molecule has 0 aliphatic rings. The molecule has 62 heavy (non-hydrogen) atoms. The number of para-hydroxylation sites is 2. The van der Waals surface area contributed by atoms with E-state index in [-0.39, 0.29) is 43.1 Å². The van der Waals surface area contributed by atoms with Gasteiger partial charge in [0, 0.05) is 44.2 Å². The molecule has 0 spiro atoms. The van der Waals surface area contributed by atoms with Gasteiger partial charge in [-0.2, -0.15) is 0 Å². The normalized spacial score (nSPS) is 12.0. The van der Waals surface area contributed by atoms with Crippen molar-refractivity contribution in [3.8, 4) is 67.5 Å². The number of phenols is 1. The maximum atomic E-state index is 12.3. The molecule has 1 N–H and O–H groups in total. The molecule has 0 fully saturated rings. The van der Waals surface area contributed by atoms with Crippen molar-refractivity contribution >= 4 is 16.6 Å². The number of imidazole rings is 1. The average Bonchev–Trinajstić information content (AvgIpc) is 3.62. The van der Waals surface area contributed by atoms with E-state index < -0.39 is 0 Å². The quantitative estimate of drug-likeness (QED) is 0.162. The van der Waals surface area contributed by atoms with Gasteiger partial charge in [-0.3, -0.25) is 9.55 Å². The van der Waals surface area contributed by atoms with Crippen LogP contribution in [0.15, 0.2) is 146 Å². The Hall–Kier alpha value is -5.83. The second-order valence-electron chi connectivity index (χ2n) is 19.5. The van der Waals surface area contributed by atoms with Crippen LogP contribution in [0.2, 0.25) is 0 Å². The molecule has 0 atom stereocenters. The van der Waals surface area contributed by atoms with Crippen molar-refractivity contribution in [3.63, 3.8) is 0 Å². The summed E-state index contributed by atoms with van der Waals surface area (Å²) in [5.74, 6) is 0.931. The van der Waals surface area contributed by atoms with Crippen LogP contribution in [-0.4, -0.2) is 19.6 Å². The van der Waals surface area contributed by atoms with E-state index in [2.05, 4.69) is 189 Å². The molecule has 8 aromatic rings. The van der Waals surface area contributed by atoms with Crippen LogP contribution in [0.3, 0.4) is 0 Å². The van der Waals surface area contributed by atoms with Gasteiger partial charge in [-0.1, -0.05) is 182 Å². The SMILES string of the molecule is C=C(C)c1ccnc(-c2[c-]c(-c3cccc4c3nc(-c3cc(C(C)(C)C)cc(C(C)(C)C)c3O)n4-c3ccccc3)cc(-c3cc(C(C)(C)C)ccc3-c3ccccc3)c2)c1.[Pt]. The first-order valence-corrected chi connectivity index (χ1v) is 21.2. The van der Waals surface area contributed by atoms with Crippen LogP contribution in [0, 0.1) is 6.07 Å². The van der Waals surface area contributed by atoms with Crippen molar-refractivity contribution in [2.24, 2.45) is 0 Å². The molecule has 0 amide bonds. The summed E-state index contributed by atoms with van der Waals surface area (Å²) >= 11 is 0. The van der Waals surface area contributed by atoms with Gasteiger partial charge in [0.15, 0.2) is 0 Å². The third-order valence-electron chi connectivity index (χ3n) is 11.7. The number of benzene rings is 6. The smallest absolute Gasteiger partial charge is 0.148 e. The van der Waals surface area contributed by atoms with E-state index in [1.807, 2.05) is 37.4 Å². The summed E-state index contributed by atoms with van der Waals surface area (Å²) in [5.41, 5.74) is 16.2. The Labute approximate surface area is 382 Å². The number of aromatic nitrogens is 3. The van der Waals surface area contributed by atoms with Crippen LogP contribution >= 0.6 is 0 Å². The maximum Gasteiger partial charge on any atom is 0.148 e. The Morgan fingerprint density at radius 2 is 1.24 bits per heavy atom. The fraction of sp³-hybridized carbons (Fsp3) is 0.228.